The summed E-state index contributed by atoms with van der Waals surface area (Å²) in [5.41, 5.74) is 3.49. The molecule has 0 saturated carbocycles. The molecule has 2 atom stereocenters. The number of ether oxygens (including phenoxy) is 6. The van der Waals surface area contributed by atoms with Gasteiger partial charge in [0, 0.05) is 49.7 Å². The Balaban J connectivity index is 0.000000466. The smallest absolute Gasteiger partial charge is 0.326 e. The quantitative estimate of drug-likeness (QED) is 0.0347. The average Bonchev–Trinajstić information content (AvgIpc) is 3.96. The highest BCUT2D eigenvalue weighted by Gasteiger charge is 2.28. The lowest BCUT2D eigenvalue weighted by molar-refractivity contribution is -0.140. The summed E-state index contributed by atoms with van der Waals surface area (Å²) in [5.74, 6) is 0.0895. The van der Waals surface area contributed by atoms with E-state index in [1.165, 1.54) is 22.5 Å². The van der Waals surface area contributed by atoms with Crippen molar-refractivity contribution in [1.82, 2.24) is 24.6 Å². The number of carbonyl (C=O) groups is 2. The molecule has 2 unspecified atom stereocenters. The zero-order valence-corrected chi connectivity index (χ0v) is 40.3. The maximum absolute atomic E-state index is 12.1. The molecule has 1 aromatic heterocycles. The molecule has 1 aliphatic rings. The van der Waals surface area contributed by atoms with Gasteiger partial charge in [-0.1, -0.05) is 52.7 Å². The van der Waals surface area contributed by atoms with Crippen LogP contribution in [0.15, 0.2) is 65.7 Å². The summed E-state index contributed by atoms with van der Waals surface area (Å²) in [6.07, 6.45) is 5.61. The number of hydrogen-bond donors (Lipinski definition) is 3. The normalized spacial score (nSPS) is 14.6. The molecule has 1 saturated heterocycles. The molecule has 352 valence electrons. The Morgan fingerprint density at radius 2 is 1.55 bits per heavy atom. The Morgan fingerprint density at radius 3 is 2.12 bits per heavy atom. The van der Waals surface area contributed by atoms with Gasteiger partial charge >= 0.3 is 5.97 Å². The Morgan fingerprint density at radius 1 is 0.906 bits per heavy atom. The van der Waals surface area contributed by atoms with Gasteiger partial charge in [0.05, 0.1) is 69.4 Å². The second kappa shape index (κ2) is 25.1. The van der Waals surface area contributed by atoms with Gasteiger partial charge < -0.3 is 38.8 Å². The predicted octanol–water partition coefficient (Wildman–Crippen LogP) is 7.08. The number of halogens is 2. The molecule has 0 bridgehead atoms. The molecule has 2 heterocycles. The summed E-state index contributed by atoms with van der Waals surface area (Å²) < 4.78 is 62.0. The number of carboxylic acids is 1. The van der Waals surface area contributed by atoms with E-state index in [0.29, 0.717) is 85.9 Å². The van der Waals surface area contributed by atoms with Crippen molar-refractivity contribution in [3.8, 4) is 22.6 Å². The lowest BCUT2D eigenvalue weighted by Crippen LogP contribution is -2.37. The maximum atomic E-state index is 12.1. The van der Waals surface area contributed by atoms with Crippen molar-refractivity contribution in [2.75, 3.05) is 54.2 Å². The summed E-state index contributed by atoms with van der Waals surface area (Å²) in [5, 5.41) is 20.7. The fraction of sp³-hybridized carbons (Fsp3) is 0.500. The first-order chi connectivity index (χ1) is 30.4. The van der Waals surface area contributed by atoms with Crippen LogP contribution in [0.5, 0.6) is 11.5 Å². The first kappa shape index (κ1) is 52.6. The Labute approximate surface area is 391 Å². The van der Waals surface area contributed by atoms with Crippen LogP contribution in [0.3, 0.4) is 0 Å². The van der Waals surface area contributed by atoms with Crippen molar-refractivity contribution in [2.45, 2.75) is 94.1 Å². The summed E-state index contributed by atoms with van der Waals surface area (Å²) in [4.78, 5) is 21.8. The number of nitrogens with one attached hydrogen (secondary N) is 1. The lowest BCUT2D eigenvalue weighted by atomic mass is 9.98. The van der Waals surface area contributed by atoms with E-state index in [9.17, 15) is 23.1 Å². The van der Waals surface area contributed by atoms with Crippen LogP contribution in [0.2, 0.25) is 10.0 Å². The van der Waals surface area contributed by atoms with Crippen LogP contribution >= 0.6 is 35.8 Å². The maximum Gasteiger partial charge on any atom is 0.326 e. The molecule has 1 fully saturated rings. The summed E-state index contributed by atoms with van der Waals surface area (Å²) in [7, 11) is 1.41. The van der Waals surface area contributed by atoms with E-state index in [1.807, 2.05) is 63.4 Å². The average molecular weight is 969 g/mol. The van der Waals surface area contributed by atoms with Gasteiger partial charge in [-0.3, -0.25) is 4.79 Å². The van der Waals surface area contributed by atoms with Crippen LogP contribution < -0.4 is 14.8 Å². The summed E-state index contributed by atoms with van der Waals surface area (Å²) in [6.45, 7) is 9.82. The molecule has 1 amide bonds. The van der Waals surface area contributed by atoms with Gasteiger partial charge in [-0.25, -0.2) is 17.9 Å². The monoisotopic (exact) mass is 967 g/mol. The van der Waals surface area contributed by atoms with Crippen molar-refractivity contribution in [3.05, 3.63) is 87.7 Å². The third-order valence-electron chi connectivity index (χ3n) is 10.2. The van der Waals surface area contributed by atoms with Gasteiger partial charge in [-0.05, 0) is 87.1 Å². The molecule has 3 aromatic carbocycles. The van der Waals surface area contributed by atoms with Gasteiger partial charge in [-0.2, -0.15) is 4.31 Å². The fourth-order valence-electron chi connectivity index (χ4n) is 6.59. The van der Waals surface area contributed by atoms with Crippen LogP contribution in [0.1, 0.15) is 63.3 Å². The number of carboxylic acid groups (broad SMARTS) is 1. The van der Waals surface area contributed by atoms with E-state index in [-0.39, 0.29) is 30.1 Å². The molecule has 64 heavy (non-hydrogen) atoms. The predicted molar refractivity (Wildman–Crippen MR) is 247 cm³/mol. The molecule has 16 nitrogen and oxygen atoms in total. The topological polar surface area (TPSA) is 190 Å². The van der Waals surface area contributed by atoms with Gasteiger partial charge in [0.1, 0.15) is 28.2 Å². The van der Waals surface area contributed by atoms with Gasteiger partial charge in [0.2, 0.25) is 16.4 Å². The number of carbonyl (C=O) groups excluding carboxylic acids is 1. The van der Waals surface area contributed by atoms with E-state index < -0.39 is 27.0 Å². The highest BCUT2D eigenvalue weighted by atomic mass is 35.5. The first-order valence-electron chi connectivity index (χ1n) is 20.6. The van der Waals surface area contributed by atoms with E-state index >= 15 is 0 Å². The zero-order chi connectivity index (χ0) is 46.9. The van der Waals surface area contributed by atoms with Gasteiger partial charge in [0.15, 0.2) is 0 Å². The third kappa shape index (κ3) is 16.5. The SMILES string of the molecule is COCCC(C)(S)OCCC(C)(C)OCCn1cc(COCc2cc(OC)c(-c3ccc(CC(NC=O)C(=O)O)cc3)c(OC)c2)nn1.O=S(=O)(c1cc(Cl)cc(Cl)c1)N1CCCC1. The molecule has 0 spiro atoms. The zero-order valence-electron chi connectivity index (χ0n) is 37.1. The van der Waals surface area contributed by atoms with E-state index in [4.69, 9.17) is 51.6 Å². The number of hydrogen-bond acceptors (Lipinski definition) is 13. The van der Waals surface area contributed by atoms with E-state index in [2.05, 4.69) is 28.3 Å². The standard InChI is InChI=1S/C34H48N4O9S.C10H11Cl2NO2S/c1-33(2,11-15-47-34(3,48)12-14-42-4)46-16-13-38-20-27(36-37-38)22-45-21-25-18-29(43-5)31(30(19-25)44-6)26-9-7-24(8-10-26)17-28(32(40)41)35-23-39;11-8-5-9(12)7-10(6-8)16(14,15)13-3-1-2-4-13/h7-10,18-20,23,28,48H,11-17,21-22H2,1-6H3,(H,35,39)(H,40,41);5-7H,1-4H2. The van der Waals surface area contributed by atoms with Crippen LogP contribution in [0.25, 0.3) is 11.1 Å². The third-order valence-corrected chi connectivity index (χ3v) is 12.8. The minimum atomic E-state index is -3.42. The largest absolute Gasteiger partial charge is 0.496 e. The van der Waals surface area contributed by atoms with Gasteiger partial charge in [0.25, 0.3) is 0 Å². The molecule has 0 aliphatic carbocycles. The van der Waals surface area contributed by atoms with Crippen molar-refractivity contribution in [2.24, 2.45) is 0 Å². The second-order valence-electron chi connectivity index (χ2n) is 15.8. The minimum absolute atomic E-state index is 0.154. The number of amides is 1. The van der Waals surface area contributed by atoms with E-state index in [1.54, 1.807) is 26.0 Å². The van der Waals surface area contributed by atoms with E-state index in [0.717, 1.165) is 35.1 Å². The molecule has 0 radical (unpaired) electrons. The number of nitrogens with zero attached hydrogens (tertiary/aromatic N) is 4. The molecule has 1 aliphatic heterocycles. The Kier molecular flexibility index (Phi) is 20.6. The van der Waals surface area contributed by atoms with Crippen molar-refractivity contribution >= 4 is 58.2 Å². The molecule has 2 N–H and O–H groups in total. The van der Waals surface area contributed by atoms with Crippen molar-refractivity contribution in [1.29, 1.82) is 0 Å². The highest BCUT2D eigenvalue weighted by Crippen LogP contribution is 2.40. The number of rotatable bonds is 25. The molecule has 5 rings (SSSR count). The lowest BCUT2D eigenvalue weighted by Gasteiger charge is -2.29. The number of benzene rings is 3. The first-order valence-corrected chi connectivity index (χ1v) is 23.2. The Bertz CT molecular complexity index is 2180. The second-order valence-corrected chi connectivity index (χ2v) is 19.5. The van der Waals surface area contributed by atoms with Crippen LogP contribution in [-0.2, 0) is 64.7 Å². The molecular weight excluding hydrogens is 910 g/mol. The molecule has 20 heteroatoms. The van der Waals surface area contributed by atoms with Crippen molar-refractivity contribution in [3.63, 3.8) is 0 Å². The van der Waals surface area contributed by atoms with Crippen LogP contribution in [-0.4, -0.2) is 116 Å². The van der Waals surface area contributed by atoms with Crippen molar-refractivity contribution < 1.29 is 51.5 Å². The number of thiol groups is 1. The summed E-state index contributed by atoms with van der Waals surface area (Å²) in [6, 6.07) is 14.5. The number of methoxy groups -OCH3 is 3. The fourth-order valence-corrected chi connectivity index (χ4v) is 9.01. The Hall–Kier alpha value is -3.98. The number of sulfonamides is 1. The minimum Gasteiger partial charge on any atom is -0.496 e. The van der Waals surface area contributed by atoms with Gasteiger partial charge in [-0.15, -0.1) is 17.7 Å². The van der Waals surface area contributed by atoms with Crippen LogP contribution in [0.4, 0.5) is 0 Å². The number of aliphatic carboxylic acids is 1. The number of aromatic nitrogens is 3. The van der Waals surface area contributed by atoms with Crippen LogP contribution in [0, 0.1) is 0 Å². The molecule has 4 aromatic rings. The molecular formula is C44H59Cl2N5O11S2. The highest BCUT2D eigenvalue weighted by molar-refractivity contribution is 7.89. The summed E-state index contributed by atoms with van der Waals surface area (Å²) >= 11 is 16.2.